The Morgan fingerprint density at radius 2 is 1.70 bits per heavy atom. The summed E-state index contributed by atoms with van der Waals surface area (Å²) in [5.41, 5.74) is 1.24. The van der Waals surface area contributed by atoms with Gasteiger partial charge in [-0.3, -0.25) is 0 Å². The molecule has 2 N–H and O–H groups in total. The zero-order valence-corrected chi connectivity index (χ0v) is 17.2. The van der Waals surface area contributed by atoms with E-state index >= 15 is 0 Å². The summed E-state index contributed by atoms with van der Waals surface area (Å²) >= 11 is 4.51. The van der Waals surface area contributed by atoms with Crippen LogP contribution in [0.1, 0.15) is 28.7 Å². The molecule has 4 nitrogen and oxygen atoms in total. The van der Waals surface area contributed by atoms with E-state index in [0.29, 0.717) is 21.7 Å². The van der Waals surface area contributed by atoms with Crippen LogP contribution in [0.25, 0.3) is 0 Å². The first-order chi connectivity index (χ1) is 14.4. The number of aromatic nitrogens is 1. The van der Waals surface area contributed by atoms with Crippen molar-refractivity contribution in [2.24, 2.45) is 0 Å². The van der Waals surface area contributed by atoms with E-state index in [1.165, 1.54) is 12.1 Å². The van der Waals surface area contributed by atoms with E-state index in [-0.39, 0.29) is 5.82 Å². The number of hydrogen-bond acceptors (Lipinski definition) is 4. The lowest BCUT2D eigenvalue weighted by atomic mass is 9.75. The summed E-state index contributed by atoms with van der Waals surface area (Å²) in [5.74, 6) is -0.915. The van der Waals surface area contributed by atoms with Crippen molar-refractivity contribution >= 4 is 12.6 Å². The standard InChI is InChI=1S/C24H20FN3OS/c1-16-5-9-18(10-6-16)24(29)22(28-13-3-2-4-14-28)21(20(15-26)23(30)27-24)17-7-11-19(25)12-8-17/h2-14,21-22,27,29H,1H3/p+1/t21-,22+,24+/m1/s1. The highest BCUT2D eigenvalue weighted by Gasteiger charge is 2.55. The van der Waals surface area contributed by atoms with E-state index in [4.69, 9.17) is 0 Å². The maximum Gasteiger partial charge on any atom is 0.227 e. The second-order valence-corrected chi connectivity index (χ2v) is 7.88. The number of halogens is 1. The summed E-state index contributed by atoms with van der Waals surface area (Å²) in [6.07, 6.45) is 3.70. The number of aryl methyl sites for hydroxylation is 1. The first-order valence-corrected chi connectivity index (χ1v) is 10.0. The Morgan fingerprint density at radius 3 is 2.30 bits per heavy atom. The van der Waals surface area contributed by atoms with Crippen LogP contribution in [0.15, 0.2) is 89.7 Å². The monoisotopic (exact) mass is 418 g/mol. The summed E-state index contributed by atoms with van der Waals surface area (Å²) in [6, 6.07) is 20.8. The third-order valence-electron chi connectivity index (χ3n) is 5.52. The Bertz CT molecular complexity index is 1120. The number of benzene rings is 2. The molecule has 2 heterocycles. The van der Waals surface area contributed by atoms with Crippen molar-refractivity contribution in [2.45, 2.75) is 24.6 Å². The molecule has 0 amide bonds. The van der Waals surface area contributed by atoms with Crippen LogP contribution in [0.5, 0.6) is 0 Å². The first-order valence-electron chi connectivity index (χ1n) is 9.56. The largest absolute Gasteiger partial charge is 0.362 e. The highest BCUT2D eigenvalue weighted by molar-refractivity contribution is 7.84. The van der Waals surface area contributed by atoms with Crippen molar-refractivity contribution in [2.75, 3.05) is 0 Å². The molecule has 3 aromatic rings. The molecule has 1 aliphatic rings. The molecule has 0 radical (unpaired) electrons. The van der Waals surface area contributed by atoms with Gasteiger partial charge in [-0.15, -0.1) is 12.6 Å². The highest BCUT2D eigenvalue weighted by Crippen LogP contribution is 2.47. The predicted octanol–water partition coefficient (Wildman–Crippen LogP) is 3.86. The molecule has 0 fully saturated rings. The van der Waals surface area contributed by atoms with Gasteiger partial charge in [-0.05, 0) is 24.6 Å². The predicted molar refractivity (Wildman–Crippen MR) is 115 cm³/mol. The lowest BCUT2D eigenvalue weighted by Gasteiger charge is -2.42. The molecule has 0 unspecified atom stereocenters. The first kappa shape index (κ1) is 20.1. The molecule has 2 aromatic carbocycles. The number of nitriles is 1. The quantitative estimate of drug-likeness (QED) is 0.447. The number of pyridine rings is 1. The van der Waals surface area contributed by atoms with Gasteiger partial charge >= 0.3 is 0 Å². The fraction of sp³-hybridized carbons (Fsp3) is 0.167. The van der Waals surface area contributed by atoms with Gasteiger partial charge in [0.25, 0.3) is 0 Å². The van der Waals surface area contributed by atoms with E-state index < -0.39 is 17.7 Å². The van der Waals surface area contributed by atoms with Gasteiger partial charge in [0.05, 0.1) is 22.6 Å². The van der Waals surface area contributed by atoms with Gasteiger partial charge in [0, 0.05) is 17.7 Å². The lowest BCUT2D eigenvalue weighted by molar-refractivity contribution is -0.743. The van der Waals surface area contributed by atoms with Crippen LogP contribution in [-0.4, -0.2) is 5.11 Å². The number of rotatable bonds is 3. The molecular weight excluding hydrogens is 397 g/mol. The molecule has 0 saturated carbocycles. The van der Waals surface area contributed by atoms with Crippen molar-refractivity contribution in [1.82, 2.24) is 5.32 Å². The van der Waals surface area contributed by atoms with E-state index in [9.17, 15) is 14.8 Å². The SMILES string of the molecule is Cc1ccc([C@@]2(O)NC(S)=C(C#N)[C@@H](c3ccc(F)cc3)[C@@H]2[n+]2ccccc2)cc1. The minimum atomic E-state index is -1.56. The van der Waals surface area contributed by atoms with Crippen molar-refractivity contribution in [1.29, 1.82) is 5.26 Å². The number of nitrogens with zero attached hydrogens (tertiary/aromatic N) is 2. The molecule has 30 heavy (non-hydrogen) atoms. The van der Waals surface area contributed by atoms with Crippen molar-refractivity contribution in [3.63, 3.8) is 0 Å². The van der Waals surface area contributed by atoms with Crippen LogP contribution in [0.3, 0.4) is 0 Å². The number of aliphatic hydroxyl groups is 1. The molecule has 0 aliphatic carbocycles. The number of nitrogens with one attached hydrogen (secondary N) is 1. The summed E-state index contributed by atoms with van der Waals surface area (Å²) in [7, 11) is 0. The fourth-order valence-corrected chi connectivity index (χ4v) is 4.41. The van der Waals surface area contributed by atoms with Crippen LogP contribution in [0, 0.1) is 24.1 Å². The summed E-state index contributed by atoms with van der Waals surface area (Å²) in [5, 5.41) is 25.3. The van der Waals surface area contributed by atoms with Crippen molar-refractivity contribution in [3.8, 4) is 6.07 Å². The number of allylic oxidation sites excluding steroid dienone is 1. The molecule has 0 bridgehead atoms. The van der Waals surface area contributed by atoms with Gasteiger partial charge in [-0.25, -0.2) is 4.39 Å². The third-order valence-corrected chi connectivity index (χ3v) is 5.87. The molecular formula is C24H21FN3OS+. The Hall–Kier alpha value is -3.14. The zero-order chi connectivity index (χ0) is 21.3. The Kier molecular flexibility index (Phi) is 5.33. The molecule has 6 heteroatoms. The number of thiol groups is 1. The summed E-state index contributed by atoms with van der Waals surface area (Å²) < 4.78 is 15.5. The van der Waals surface area contributed by atoms with Gasteiger partial charge in [0.1, 0.15) is 5.82 Å². The van der Waals surface area contributed by atoms with Crippen LogP contribution >= 0.6 is 12.6 Å². The van der Waals surface area contributed by atoms with Gasteiger partial charge in [-0.1, -0.05) is 48.0 Å². The normalized spacial score (nSPS) is 23.6. The minimum Gasteiger partial charge on any atom is -0.362 e. The van der Waals surface area contributed by atoms with Gasteiger partial charge in [0.15, 0.2) is 12.4 Å². The average Bonchev–Trinajstić information content (AvgIpc) is 2.75. The van der Waals surface area contributed by atoms with Gasteiger partial charge in [-0.2, -0.15) is 9.83 Å². The number of hydrogen-bond donors (Lipinski definition) is 3. The van der Waals surface area contributed by atoms with Crippen molar-refractivity contribution < 1.29 is 14.1 Å². The lowest BCUT2D eigenvalue weighted by Crippen LogP contribution is -2.62. The van der Waals surface area contributed by atoms with Crippen LogP contribution < -0.4 is 9.88 Å². The fourth-order valence-electron chi connectivity index (χ4n) is 4.05. The van der Waals surface area contributed by atoms with Gasteiger partial charge < -0.3 is 10.4 Å². The molecule has 3 atom stereocenters. The third kappa shape index (κ3) is 3.47. The van der Waals surface area contributed by atoms with Crippen LogP contribution in [0.2, 0.25) is 0 Å². The minimum absolute atomic E-state index is 0.294. The smallest absolute Gasteiger partial charge is 0.227 e. The van der Waals surface area contributed by atoms with Crippen LogP contribution in [-0.2, 0) is 5.72 Å². The molecule has 1 aromatic heterocycles. The second kappa shape index (κ2) is 7.94. The van der Waals surface area contributed by atoms with E-state index in [0.717, 1.165) is 5.56 Å². The summed E-state index contributed by atoms with van der Waals surface area (Å²) in [6.45, 7) is 1.98. The van der Waals surface area contributed by atoms with Crippen LogP contribution in [0.4, 0.5) is 4.39 Å². The molecule has 0 spiro atoms. The average molecular weight is 419 g/mol. The maximum atomic E-state index is 13.6. The van der Waals surface area contributed by atoms with Gasteiger partial charge in [0.2, 0.25) is 11.8 Å². The zero-order valence-electron chi connectivity index (χ0n) is 16.3. The Balaban J connectivity index is 1.99. The second-order valence-electron chi connectivity index (χ2n) is 7.43. The Morgan fingerprint density at radius 1 is 1.07 bits per heavy atom. The van der Waals surface area contributed by atoms with E-state index in [1.54, 1.807) is 12.1 Å². The highest BCUT2D eigenvalue weighted by atomic mass is 32.1. The molecule has 4 rings (SSSR count). The molecule has 150 valence electrons. The van der Waals surface area contributed by atoms with E-state index in [2.05, 4.69) is 24.0 Å². The van der Waals surface area contributed by atoms with Crippen molar-refractivity contribution in [3.05, 3.63) is 112 Å². The Labute approximate surface area is 180 Å². The molecule has 1 aliphatic heterocycles. The van der Waals surface area contributed by atoms with E-state index in [1.807, 2.05) is 66.3 Å². The maximum absolute atomic E-state index is 13.6. The topological polar surface area (TPSA) is 59.9 Å². The summed E-state index contributed by atoms with van der Waals surface area (Å²) in [4.78, 5) is 0. The molecule has 0 saturated heterocycles.